The van der Waals surface area contributed by atoms with Crippen molar-refractivity contribution in [1.29, 1.82) is 0 Å². The first-order chi connectivity index (χ1) is 7.68. The molecule has 3 rings (SSSR count). The molecule has 0 bridgehead atoms. The van der Waals surface area contributed by atoms with Crippen LogP contribution in [0.2, 0.25) is 0 Å². The number of nitrogens with one attached hydrogen (secondary N) is 1. The number of rotatable bonds is 0. The van der Waals surface area contributed by atoms with E-state index < -0.39 is 0 Å². The summed E-state index contributed by atoms with van der Waals surface area (Å²) >= 11 is 0. The summed E-state index contributed by atoms with van der Waals surface area (Å²) in [6.07, 6.45) is 1.05. The number of hydrogen-bond acceptors (Lipinski definition) is 2. The predicted octanol–water partition coefficient (Wildman–Crippen LogP) is 1.48. The van der Waals surface area contributed by atoms with Crippen molar-refractivity contribution < 1.29 is 4.79 Å². The van der Waals surface area contributed by atoms with E-state index in [4.69, 9.17) is 0 Å². The van der Waals surface area contributed by atoms with Gasteiger partial charge in [0.1, 0.15) is 0 Å². The molecule has 0 spiro atoms. The zero-order valence-corrected chi connectivity index (χ0v) is 9.71. The van der Waals surface area contributed by atoms with E-state index >= 15 is 0 Å². The Hall–Kier alpha value is -1.35. The molecule has 0 radical (unpaired) electrons. The summed E-state index contributed by atoms with van der Waals surface area (Å²) in [4.78, 5) is 13.7. The fourth-order valence-electron chi connectivity index (χ4n) is 2.83. The maximum Gasteiger partial charge on any atom is 0.254 e. The number of benzene rings is 1. The Labute approximate surface area is 95.4 Å². The van der Waals surface area contributed by atoms with Crippen LogP contribution < -0.4 is 5.32 Å². The van der Waals surface area contributed by atoms with Crippen molar-refractivity contribution >= 4 is 5.91 Å². The van der Waals surface area contributed by atoms with E-state index in [1.165, 1.54) is 16.7 Å². The van der Waals surface area contributed by atoms with E-state index in [2.05, 4.69) is 18.3 Å². The molecule has 1 atom stereocenters. The average molecular weight is 216 g/mol. The second kappa shape index (κ2) is 3.32. The van der Waals surface area contributed by atoms with Crippen LogP contribution >= 0.6 is 0 Å². The third kappa shape index (κ3) is 1.21. The quantitative estimate of drug-likeness (QED) is 0.712. The van der Waals surface area contributed by atoms with E-state index in [1.807, 2.05) is 13.1 Å². The Morgan fingerprint density at radius 1 is 1.38 bits per heavy atom. The van der Waals surface area contributed by atoms with Gasteiger partial charge in [0.15, 0.2) is 0 Å². The molecule has 3 heteroatoms. The van der Waals surface area contributed by atoms with Gasteiger partial charge in [-0.1, -0.05) is 6.07 Å². The zero-order valence-electron chi connectivity index (χ0n) is 9.71. The third-order valence-electron chi connectivity index (χ3n) is 3.73. The van der Waals surface area contributed by atoms with Crippen molar-refractivity contribution in [3.05, 3.63) is 34.4 Å². The molecule has 0 saturated heterocycles. The molecule has 2 aliphatic rings. The fourth-order valence-corrected chi connectivity index (χ4v) is 2.83. The van der Waals surface area contributed by atoms with E-state index in [0.717, 1.165) is 25.1 Å². The number of amides is 1. The maximum atomic E-state index is 11.9. The second-order valence-corrected chi connectivity index (χ2v) is 4.75. The summed E-state index contributed by atoms with van der Waals surface area (Å²) in [5, 5.41) is 3.45. The predicted molar refractivity (Wildman–Crippen MR) is 62.4 cm³/mol. The molecule has 16 heavy (non-hydrogen) atoms. The minimum absolute atomic E-state index is 0.170. The Morgan fingerprint density at radius 2 is 2.19 bits per heavy atom. The lowest BCUT2D eigenvalue weighted by Gasteiger charge is -2.25. The lowest BCUT2D eigenvalue weighted by atomic mass is 9.89. The SMILES string of the molecule is CC1NCCc2c1ccc1c2CN(C)C1=O. The van der Waals surface area contributed by atoms with Crippen molar-refractivity contribution in [2.45, 2.75) is 25.9 Å². The van der Waals surface area contributed by atoms with Crippen LogP contribution in [0.15, 0.2) is 12.1 Å². The van der Waals surface area contributed by atoms with Gasteiger partial charge in [0, 0.05) is 25.2 Å². The van der Waals surface area contributed by atoms with Crippen molar-refractivity contribution in [3.63, 3.8) is 0 Å². The Morgan fingerprint density at radius 3 is 3.00 bits per heavy atom. The monoisotopic (exact) mass is 216 g/mol. The van der Waals surface area contributed by atoms with E-state index in [0.29, 0.717) is 6.04 Å². The number of carbonyl (C=O) groups excluding carboxylic acids is 1. The highest BCUT2D eigenvalue weighted by Crippen LogP contribution is 2.32. The van der Waals surface area contributed by atoms with Crippen molar-refractivity contribution in [3.8, 4) is 0 Å². The van der Waals surface area contributed by atoms with Gasteiger partial charge in [-0.2, -0.15) is 0 Å². The summed E-state index contributed by atoms with van der Waals surface area (Å²) in [7, 11) is 1.87. The van der Waals surface area contributed by atoms with Crippen LogP contribution in [0.3, 0.4) is 0 Å². The number of hydrogen-bond donors (Lipinski definition) is 1. The van der Waals surface area contributed by atoms with Crippen LogP contribution in [-0.4, -0.2) is 24.4 Å². The standard InChI is InChI=1S/C13H16N2O/c1-8-9-3-4-11-12(7-15(2)13(11)16)10(9)5-6-14-8/h3-4,8,14H,5-7H2,1-2H3. The Kier molecular flexibility index (Phi) is 2.04. The summed E-state index contributed by atoms with van der Waals surface area (Å²) < 4.78 is 0. The second-order valence-electron chi connectivity index (χ2n) is 4.75. The molecule has 0 fully saturated rings. The Balaban J connectivity index is 2.18. The summed E-state index contributed by atoms with van der Waals surface area (Å²) in [6.45, 7) is 3.98. The first kappa shape index (κ1) is 9.85. The molecule has 0 saturated carbocycles. The topological polar surface area (TPSA) is 32.3 Å². The van der Waals surface area contributed by atoms with Gasteiger partial charge in [-0.15, -0.1) is 0 Å². The van der Waals surface area contributed by atoms with Crippen molar-refractivity contribution in [2.24, 2.45) is 0 Å². The van der Waals surface area contributed by atoms with Gasteiger partial charge in [-0.3, -0.25) is 4.79 Å². The summed E-state index contributed by atoms with van der Waals surface area (Å²) in [5.74, 6) is 0.170. The minimum Gasteiger partial charge on any atom is -0.337 e. The van der Waals surface area contributed by atoms with Crippen LogP contribution in [0, 0.1) is 0 Å². The van der Waals surface area contributed by atoms with E-state index in [-0.39, 0.29) is 5.91 Å². The van der Waals surface area contributed by atoms with Crippen molar-refractivity contribution in [2.75, 3.05) is 13.6 Å². The molecule has 3 nitrogen and oxygen atoms in total. The van der Waals surface area contributed by atoms with E-state index in [1.54, 1.807) is 4.90 Å². The molecule has 0 aliphatic carbocycles. The number of carbonyl (C=O) groups is 1. The van der Waals surface area contributed by atoms with Crippen LogP contribution in [0.25, 0.3) is 0 Å². The fraction of sp³-hybridized carbons (Fsp3) is 0.462. The molecule has 1 aromatic rings. The van der Waals surface area contributed by atoms with Crippen LogP contribution in [0.1, 0.15) is 40.0 Å². The molecule has 1 aromatic carbocycles. The van der Waals surface area contributed by atoms with Gasteiger partial charge in [-0.05, 0) is 42.6 Å². The molecular weight excluding hydrogens is 200 g/mol. The highest BCUT2D eigenvalue weighted by Gasteiger charge is 2.29. The third-order valence-corrected chi connectivity index (χ3v) is 3.73. The summed E-state index contributed by atoms with van der Waals surface area (Å²) in [6, 6.07) is 4.51. The molecule has 2 heterocycles. The van der Waals surface area contributed by atoms with Gasteiger partial charge < -0.3 is 10.2 Å². The number of nitrogens with zero attached hydrogens (tertiary/aromatic N) is 1. The van der Waals surface area contributed by atoms with Crippen LogP contribution in [-0.2, 0) is 13.0 Å². The number of fused-ring (bicyclic) bond motifs is 3. The largest absolute Gasteiger partial charge is 0.337 e. The smallest absolute Gasteiger partial charge is 0.254 e. The lowest BCUT2D eigenvalue weighted by Crippen LogP contribution is -2.28. The first-order valence-electron chi connectivity index (χ1n) is 5.82. The van der Waals surface area contributed by atoms with Gasteiger partial charge in [0.2, 0.25) is 0 Å². The summed E-state index contributed by atoms with van der Waals surface area (Å²) in [5.41, 5.74) is 4.95. The minimum atomic E-state index is 0.170. The molecular formula is C13H16N2O. The molecule has 1 amide bonds. The molecule has 1 N–H and O–H groups in total. The Bertz CT molecular complexity index is 467. The van der Waals surface area contributed by atoms with Crippen LogP contribution in [0.5, 0.6) is 0 Å². The van der Waals surface area contributed by atoms with Crippen LogP contribution in [0.4, 0.5) is 0 Å². The first-order valence-corrected chi connectivity index (χ1v) is 5.82. The highest BCUT2D eigenvalue weighted by molar-refractivity contribution is 5.98. The normalized spacial score (nSPS) is 23.2. The van der Waals surface area contributed by atoms with E-state index in [9.17, 15) is 4.79 Å². The lowest BCUT2D eigenvalue weighted by molar-refractivity contribution is 0.0816. The molecule has 1 unspecified atom stereocenters. The van der Waals surface area contributed by atoms with Gasteiger partial charge in [0.25, 0.3) is 5.91 Å². The molecule has 0 aromatic heterocycles. The van der Waals surface area contributed by atoms with Gasteiger partial charge in [-0.25, -0.2) is 0 Å². The molecule has 84 valence electrons. The zero-order chi connectivity index (χ0) is 11.3. The molecule has 2 aliphatic heterocycles. The van der Waals surface area contributed by atoms with Gasteiger partial charge in [0.05, 0.1) is 0 Å². The van der Waals surface area contributed by atoms with Gasteiger partial charge >= 0.3 is 0 Å². The highest BCUT2D eigenvalue weighted by atomic mass is 16.2. The van der Waals surface area contributed by atoms with Crippen molar-refractivity contribution in [1.82, 2.24) is 10.2 Å². The maximum absolute atomic E-state index is 11.9. The average Bonchev–Trinajstić information content (AvgIpc) is 2.56.